The van der Waals surface area contributed by atoms with Gasteiger partial charge in [-0.05, 0) is 110 Å². The first-order valence-electron chi connectivity index (χ1n) is 27.7. The van der Waals surface area contributed by atoms with Crippen molar-refractivity contribution in [1.29, 1.82) is 0 Å². The lowest BCUT2D eigenvalue weighted by Gasteiger charge is -2.60. The van der Waals surface area contributed by atoms with Crippen LogP contribution in [0.1, 0.15) is 152 Å². The molecule has 13 heteroatoms. The zero-order valence-corrected chi connectivity index (χ0v) is 44.3. The molecule has 1 unspecified atom stereocenters. The lowest BCUT2D eigenvalue weighted by atomic mass is 9.55. The average Bonchev–Trinajstić information content (AvgIpc) is 3.41. The third-order valence-corrected chi connectivity index (χ3v) is 16.0. The van der Waals surface area contributed by atoms with Crippen LogP contribution in [0.5, 0.6) is 11.5 Å². The van der Waals surface area contributed by atoms with E-state index < -0.39 is 30.1 Å². The third-order valence-electron chi connectivity index (χ3n) is 15.0. The van der Waals surface area contributed by atoms with Crippen LogP contribution in [0, 0.1) is 23.6 Å². The Morgan fingerprint density at radius 2 is 1.63 bits per heavy atom. The van der Waals surface area contributed by atoms with Crippen LogP contribution in [0.4, 0.5) is 9.18 Å². The minimum Gasteiger partial charge on any atom is -0.493 e. The van der Waals surface area contributed by atoms with Crippen LogP contribution in [0.3, 0.4) is 0 Å². The van der Waals surface area contributed by atoms with Crippen LogP contribution in [0.2, 0.25) is 0 Å². The van der Waals surface area contributed by atoms with Gasteiger partial charge in [0.15, 0.2) is 0 Å². The Morgan fingerprint density at radius 1 is 0.890 bits per heavy atom. The van der Waals surface area contributed by atoms with Gasteiger partial charge in [0, 0.05) is 54.7 Å². The molecule has 2 heterocycles. The maximum atomic E-state index is 15.1. The Morgan fingerprint density at radius 3 is 2.34 bits per heavy atom. The molecular weight excluding hydrogens is 944 g/mol. The number of hydrogen-bond acceptors (Lipinski definition) is 11. The molecule has 3 aromatic carbocycles. The van der Waals surface area contributed by atoms with Gasteiger partial charge in [0.25, 0.3) is 0 Å². The molecule has 0 radical (unpaired) electrons. The predicted molar refractivity (Wildman–Crippen MR) is 287 cm³/mol. The highest BCUT2D eigenvalue weighted by Crippen LogP contribution is 2.62. The number of benzene rings is 3. The van der Waals surface area contributed by atoms with E-state index in [1.165, 1.54) is 62.0 Å². The van der Waals surface area contributed by atoms with E-state index in [2.05, 4.69) is 37.8 Å². The number of halogens is 1. The first-order chi connectivity index (χ1) is 35.9. The molecule has 0 bridgehead atoms. The van der Waals surface area contributed by atoms with Gasteiger partial charge < -0.3 is 38.7 Å². The van der Waals surface area contributed by atoms with E-state index in [4.69, 9.17) is 33.7 Å². The highest BCUT2D eigenvalue weighted by molar-refractivity contribution is 7.99. The normalized spacial score (nSPS) is 23.7. The number of aliphatic hydroxyl groups excluding tert-OH is 2. The van der Waals surface area contributed by atoms with Gasteiger partial charge in [-0.1, -0.05) is 125 Å². The summed E-state index contributed by atoms with van der Waals surface area (Å²) in [4.78, 5) is 24.3. The van der Waals surface area contributed by atoms with Gasteiger partial charge in [-0.2, -0.15) is 0 Å². The molecular formula is C60H83FN2O9S. The largest absolute Gasteiger partial charge is 0.493 e. The molecule has 7 rings (SSSR count). The Balaban J connectivity index is 1.30. The lowest BCUT2D eigenvalue weighted by molar-refractivity contribution is -0.256. The van der Waals surface area contributed by atoms with E-state index in [0.29, 0.717) is 43.9 Å². The molecule has 7 atom stereocenters. The zero-order chi connectivity index (χ0) is 51.1. The molecule has 1 amide bonds. The number of rotatable bonds is 32. The molecule has 3 aromatic rings. The van der Waals surface area contributed by atoms with Crippen molar-refractivity contribution in [1.82, 2.24) is 4.90 Å². The molecule has 0 aromatic heterocycles. The standard InChI is InChI=1S/C60H83FN2O9S/c1-3-5-6-7-8-9-10-11-12-21-38-69-59(66)63(44-45-28-30-47(61)31-29-45)55-43-53(62-72-56-27-18-22-37-68-56)51-41-46(23-16-19-34-64)50(26-17-20-35-65)57-52-42-48(67-39-40-73-49-24-14-13-15-25-49)32-33-54(52)71-60(55,58(51)57)70-36-4-2/h4,13-15,24-25,28-33,41-42,46,50,55-58,64-65H,2-3,5-12,16-23,26-27,34-40,43-44H2,1H3/t46-,50+,55-,56?,57+,58+,60+/m0/s1. The molecule has 2 fully saturated rings. The molecule has 73 heavy (non-hydrogen) atoms. The first kappa shape index (κ1) is 56.3. The van der Waals surface area contributed by atoms with Crippen molar-refractivity contribution >= 4 is 23.6 Å². The predicted octanol–water partition coefficient (Wildman–Crippen LogP) is 13.7. The maximum absolute atomic E-state index is 15.1. The minimum atomic E-state index is -1.49. The van der Waals surface area contributed by atoms with Crippen LogP contribution < -0.4 is 9.47 Å². The highest BCUT2D eigenvalue weighted by Gasteiger charge is 2.66. The summed E-state index contributed by atoms with van der Waals surface area (Å²) >= 11 is 1.74. The third kappa shape index (κ3) is 15.8. The monoisotopic (exact) mass is 1030 g/mol. The van der Waals surface area contributed by atoms with E-state index in [-0.39, 0.29) is 63.0 Å². The van der Waals surface area contributed by atoms with Crippen molar-refractivity contribution in [2.24, 2.45) is 22.9 Å². The average molecular weight is 1030 g/mol. The second-order valence-electron chi connectivity index (χ2n) is 20.2. The van der Waals surface area contributed by atoms with Crippen molar-refractivity contribution in [3.63, 3.8) is 0 Å². The Labute approximate surface area is 439 Å². The van der Waals surface area contributed by atoms with Gasteiger partial charge in [-0.15, -0.1) is 18.3 Å². The zero-order valence-electron chi connectivity index (χ0n) is 43.5. The second kappa shape index (κ2) is 30.2. The first-order valence-corrected chi connectivity index (χ1v) is 28.7. The number of oxime groups is 1. The van der Waals surface area contributed by atoms with Crippen LogP contribution in [-0.4, -0.2) is 90.4 Å². The quantitative estimate of drug-likeness (QED) is 0.0270. The smallest absolute Gasteiger partial charge is 0.410 e. The molecule has 0 spiro atoms. The number of unbranched alkanes of at least 4 members (excludes halogenated alkanes) is 11. The molecule has 1 saturated carbocycles. The van der Waals surface area contributed by atoms with Crippen molar-refractivity contribution < 1.29 is 47.9 Å². The summed E-state index contributed by atoms with van der Waals surface area (Å²) in [6.45, 7) is 8.06. The van der Waals surface area contributed by atoms with E-state index in [1.54, 1.807) is 34.9 Å². The Hall–Kier alpha value is -4.40. The number of carbonyl (C=O) groups is 1. The summed E-state index contributed by atoms with van der Waals surface area (Å²) in [6.07, 6.45) is 22.0. The van der Waals surface area contributed by atoms with Crippen molar-refractivity contribution in [3.8, 4) is 11.5 Å². The van der Waals surface area contributed by atoms with Gasteiger partial charge >= 0.3 is 6.09 Å². The summed E-state index contributed by atoms with van der Waals surface area (Å²) in [5, 5.41) is 25.2. The number of aliphatic hydroxyl groups is 2. The van der Waals surface area contributed by atoms with Crippen molar-refractivity contribution in [2.75, 3.05) is 45.4 Å². The minimum absolute atomic E-state index is 0.0358. The van der Waals surface area contributed by atoms with E-state index >= 15 is 4.79 Å². The fourth-order valence-corrected chi connectivity index (χ4v) is 12.2. The van der Waals surface area contributed by atoms with Gasteiger partial charge in [0.1, 0.15) is 23.4 Å². The van der Waals surface area contributed by atoms with Gasteiger partial charge in [-0.3, -0.25) is 4.90 Å². The number of allylic oxidation sites excluding steroid dienone is 1. The molecule has 2 aliphatic carbocycles. The SMILES string of the molecule is C=CCO[C@@]12Oc3ccc(OCCSc4ccccc4)cc3[C@H]3[C@H](CCCCO)[C@@H](CCCCO)C=C(C(=NOC4CCCCO4)C[C@@H]1N(Cc1ccc(F)cc1)C(=O)OCCCCCCCCCCCC)[C@H]32. The summed E-state index contributed by atoms with van der Waals surface area (Å²) < 4.78 is 48.1. The number of amides is 1. The lowest BCUT2D eigenvalue weighted by Crippen LogP contribution is -2.70. The van der Waals surface area contributed by atoms with Crippen LogP contribution in [-0.2, 0) is 25.6 Å². The Bertz CT molecular complexity index is 2170. The van der Waals surface area contributed by atoms with Gasteiger partial charge in [0.2, 0.25) is 12.1 Å². The van der Waals surface area contributed by atoms with Crippen molar-refractivity contribution in [2.45, 2.75) is 171 Å². The Kier molecular flexibility index (Phi) is 23.3. The molecule has 400 valence electrons. The summed E-state index contributed by atoms with van der Waals surface area (Å²) in [7, 11) is 0. The number of ether oxygens (including phenoxy) is 5. The molecule has 11 nitrogen and oxygen atoms in total. The summed E-state index contributed by atoms with van der Waals surface area (Å²) in [6, 6.07) is 21.8. The van der Waals surface area contributed by atoms with Crippen LogP contribution >= 0.6 is 11.8 Å². The van der Waals surface area contributed by atoms with Crippen LogP contribution in [0.15, 0.2) is 107 Å². The highest BCUT2D eigenvalue weighted by atomic mass is 32.2. The number of hydrogen-bond donors (Lipinski definition) is 2. The van der Waals surface area contributed by atoms with E-state index in [9.17, 15) is 14.6 Å². The van der Waals surface area contributed by atoms with Crippen molar-refractivity contribution in [3.05, 3.63) is 114 Å². The van der Waals surface area contributed by atoms with E-state index in [0.717, 1.165) is 86.0 Å². The van der Waals surface area contributed by atoms with E-state index in [1.807, 2.05) is 30.3 Å². The number of fused-ring (bicyclic) bond motifs is 2. The number of carbonyl (C=O) groups excluding carboxylic acids is 1. The number of nitrogens with zero attached hydrogens (tertiary/aromatic N) is 2. The molecule has 4 aliphatic rings. The molecule has 1 saturated heterocycles. The molecule has 2 aliphatic heterocycles. The topological polar surface area (TPSA) is 129 Å². The fourth-order valence-electron chi connectivity index (χ4n) is 11.4. The van der Waals surface area contributed by atoms with Gasteiger partial charge in [0.05, 0.1) is 38.1 Å². The number of thioether (sulfide) groups is 1. The maximum Gasteiger partial charge on any atom is 0.410 e. The molecule has 2 N–H and O–H groups in total. The fraction of sp³-hybridized carbons (Fsp3) is 0.600. The summed E-state index contributed by atoms with van der Waals surface area (Å²) in [5.41, 5.74) is 3.31. The summed E-state index contributed by atoms with van der Waals surface area (Å²) in [5.74, 6) is -0.393. The van der Waals surface area contributed by atoms with Gasteiger partial charge in [-0.25, -0.2) is 9.18 Å². The second-order valence-corrected chi connectivity index (χ2v) is 21.4. The van der Waals surface area contributed by atoms with Crippen LogP contribution in [0.25, 0.3) is 0 Å².